The topological polar surface area (TPSA) is 89.0 Å². The van der Waals surface area contributed by atoms with Gasteiger partial charge in [-0.15, -0.1) is 0 Å². The molecule has 0 aliphatic carbocycles. The second-order valence-corrected chi connectivity index (χ2v) is 5.09. The Morgan fingerprint density at radius 1 is 1.09 bits per heavy atom. The third-order valence-electron chi connectivity index (χ3n) is 3.04. The SMILES string of the molecule is Cc1ccc(C(=O)c2ccc(Cl)c(NN=C(C#N)C#N)c2)cc1. The van der Waals surface area contributed by atoms with Crippen LogP contribution in [0, 0.1) is 29.6 Å². The van der Waals surface area contributed by atoms with E-state index in [2.05, 4.69) is 10.5 Å². The van der Waals surface area contributed by atoms with Crippen LogP contribution in [0.2, 0.25) is 5.02 Å². The van der Waals surface area contributed by atoms with Crippen molar-refractivity contribution in [2.75, 3.05) is 5.43 Å². The normalized spacial score (nSPS) is 9.39. The van der Waals surface area contributed by atoms with Crippen LogP contribution in [0.25, 0.3) is 0 Å². The minimum atomic E-state index is -0.337. The molecule has 23 heavy (non-hydrogen) atoms. The number of aryl methyl sites for hydroxylation is 1. The lowest BCUT2D eigenvalue weighted by atomic mass is 10.0. The zero-order chi connectivity index (χ0) is 16.8. The van der Waals surface area contributed by atoms with E-state index >= 15 is 0 Å². The minimum Gasteiger partial charge on any atom is -0.289 e. The van der Waals surface area contributed by atoms with Gasteiger partial charge in [0.25, 0.3) is 0 Å². The van der Waals surface area contributed by atoms with Gasteiger partial charge in [-0.2, -0.15) is 15.6 Å². The lowest BCUT2D eigenvalue weighted by Crippen LogP contribution is -2.03. The molecule has 6 heteroatoms. The number of hydrogen-bond acceptors (Lipinski definition) is 5. The fourth-order valence-electron chi connectivity index (χ4n) is 1.81. The summed E-state index contributed by atoms with van der Waals surface area (Å²) in [6.07, 6.45) is 0. The van der Waals surface area contributed by atoms with Gasteiger partial charge in [-0.05, 0) is 25.1 Å². The van der Waals surface area contributed by atoms with Crippen molar-refractivity contribution in [1.29, 1.82) is 10.5 Å². The number of halogens is 1. The van der Waals surface area contributed by atoms with Crippen molar-refractivity contribution in [3.8, 4) is 12.1 Å². The fraction of sp³-hybridized carbons (Fsp3) is 0.0588. The average molecular weight is 323 g/mol. The number of ketones is 1. The van der Waals surface area contributed by atoms with Crippen molar-refractivity contribution in [3.05, 3.63) is 64.2 Å². The number of nitrogens with zero attached hydrogens (tertiary/aromatic N) is 3. The number of nitrogens with one attached hydrogen (secondary N) is 1. The third-order valence-corrected chi connectivity index (χ3v) is 3.37. The van der Waals surface area contributed by atoms with Gasteiger partial charge in [0.1, 0.15) is 12.1 Å². The van der Waals surface area contributed by atoms with E-state index in [1.165, 1.54) is 6.07 Å². The first-order valence-electron chi connectivity index (χ1n) is 6.60. The molecular formula is C17H11ClN4O. The monoisotopic (exact) mass is 322 g/mol. The Kier molecular flexibility index (Phi) is 5.09. The summed E-state index contributed by atoms with van der Waals surface area (Å²) < 4.78 is 0. The Bertz CT molecular complexity index is 842. The number of hydrogen-bond donors (Lipinski definition) is 1. The first-order valence-corrected chi connectivity index (χ1v) is 6.97. The van der Waals surface area contributed by atoms with Crippen molar-refractivity contribution in [2.24, 2.45) is 5.10 Å². The molecule has 0 saturated carbocycles. The molecule has 2 aromatic carbocycles. The molecule has 0 atom stereocenters. The summed E-state index contributed by atoms with van der Waals surface area (Å²) in [4.78, 5) is 12.5. The first-order chi connectivity index (χ1) is 11.0. The maximum Gasteiger partial charge on any atom is 0.237 e. The largest absolute Gasteiger partial charge is 0.289 e. The number of carbonyl (C=O) groups excluding carboxylic acids is 1. The third kappa shape index (κ3) is 3.94. The quantitative estimate of drug-likeness (QED) is 0.528. The summed E-state index contributed by atoms with van der Waals surface area (Å²) in [7, 11) is 0. The highest BCUT2D eigenvalue weighted by Crippen LogP contribution is 2.24. The summed E-state index contributed by atoms with van der Waals surface area (Å²) >= 11 is 6.03. The van der Waals surface area contributed by atoms with Gasteiger partial charge in [0.2, 0.25) is 5.71 Å². The molecule has 0 radical (unpaired) electrons. The molecule has 0 aliphatic rings. The van der Waals surface area contributed by atoms with Gasteiger partial charge >= 0.3 is 0 Å². The predicted molar refractivity (Wildman–Crippen MR) is 88.3 cm³/mol. The van der Waals surface area contributed by atoms with Crippen molar-refractivity contribution < 1.29 is 4.79 Å². The maximum atomic E-state index is 12.5. The number of nitriles is 2. The first kappa shape index (κ1) is 16.2. The zero-order valence-electron chi connectivity index (χ0n) is 12.2. The van der Waals surface area contributed by atoms with Gasteiger partial charge in [0, 0.05) is 11.1 Å². The van der Waals surface area contributed by atoms with Crippen molar-refractivity contribution in [3.63, 3.8) is 0 Å². The van der Waals surface area contributed by atoms with Gasteiger partial charge < -0.3 is 0 Å². The average Bonchev–Trinajstić information content (AvgIpc) is 2.57. The van der Waals surface area contributed by atoms with Crippen LogP contribution in [-0.4, -0.2) is 11.5 Å². The molecule has 112 valence electrons. The second kappa shape index (κ2) is 7.22. The van der Waals surface area contributed by atoms with Gasteiger partial charge in [-0.25, -0.2) is 0 Å². The Balaban J connectivity index is 2.32. The number of benzene rings is 2. The van der Waals surface area contributed by atoms with E-state index in [0.29, 0.717) is 21.8 Å². The fourth-order valence-corrected chi connectivity index (χ4v) is 1.97. The van der Waals surface area contributed by atoms with E-state index in [-0.39, 0.29) is 11.5 Å². The van der Waals surface area contributed by atoms with Gasteiger partial charge in [-0.1, -0.05) is 41.4 Å². The van der Waals surface area contributed by atoms with Crippen molar-refractivity contribution in [1.82, 2.24) is 0 Å². The van der Waals surface area contributed by atoms with Crippen LogP contribution in [0.4, 0.5) is 5.69 Å². The Morgan fingerprint density at radius 2 is 1.70 bits per heavy atom. The summed E-state index contributed by atoms with van der Waals surface area (Å²) in [5.41, 5.74) is 4.58. The highest BCUT2D eigenvalue weighted by Gasteiger charge is 2.11. The van der Waals surface area contributed by atoms with Crippen LogP contribution in [0.1, 0.15) is 21.5 Å². The predicted octanol–water partition coefficient (Wildman–Crippen LogP) is 3.69. The maximum absolute atomic E-state index is 12.5. The van der Waals surface area contributed by atoms with E-state index in [9.17, 15) is 4.79 Å². The van der Waals surface area contributed by atoms with Crippen molar-refractivity contribution in [2.45, 2.75) is 6.92 Å². The van der Waals surface area contributed by atoms with E-state index in [1.807, 2.05) is 19.1 Å². The molecule has 0 aromatic heterocycles. The second-order valence-electron chi connectivity index (χ2n) is 4.69. The molecule has 0 bridgehead atoms. The molecule has 5 nitrogen and oxygen atoms in total. The van der Waals surface area contributed by atoms with Crippen LogP contribution >= 0.6 is 11.6 Å². The lowest BCUT2D eigenvalue weighted by Gasteiger charge is -2.07. The Hall–Kier alpha value is -3.15. The molecule has 0 aliphatic heterocycles. The van der Waals surface area contributed by atoms with Crippen LogP contribution in [0.3, 0.4) is 0 Å². The highest BCUT2D eigenvalue weighted by atomic mass is 35.5. The van der Waals surface area contributed by atoms with E-state index in [4.69, 9.17) is 22.1 Å². The summed E-state index contributed by atoms with van der Waals surface area (Å²) in [6.45, 7) is 1.94. The van der Waals surface area contributed by atoms with E-state index in [1.54, 1.807) is 36.4 Å². The van der Waals surface area contributed by atoms with Crippen LogP contribution in [0.5, 0.6) is 0 Å². The Morgan fingerprint density at radius 3 is 2.30 bits per heavy atom. The molecular weight excluding hydrogens is 312 g/mol. The Labute approximate surface area is 138 Å². The van der Waals surface area contributed by atoms with Crippen LogP contribution in [-0.2, 0) is 0 Å². The van der Waals surface area contributed by atoms with Gasteiger partial charge in [0.05, 0.1) is 10.7 Å². The summed E-state index contributed by atoms with van der Waals surface area (Å²) in [6, 6.07) is 15.2. The molecule has 0 unspecified atom stereocenters. The number of hydrazone groups is 1. The molecule has 2 rings (SSSR count). The molecule has 1 N–H and O–H groups in total. The summed E-state index contributed by atoms with van der Waals surface area (Å²) in [5, 5.41) is 21.3. The smallest absolute Gasteiger partial charge is 0.237 e. The lowest BCUT2D eigenvalue weighted by molar-refractivity contribution is 0.103. The molecule has 0 spiro atoms. The molecule has 0 fully saturated rings. The van der Waals surface area contributed by atoms with Gasteiger partial charge in [-0.3, -0.25) is 10.2 Å². The van der Waals surface area contributed by atoms with Crippen LogP contribution < -0.4 is 5.43 Å². The molecule has 0 heterocycles. The van der Waals surface area contributed by atoms with E-state index < -0.39 is 0 Å². The molecule has 2 aromatic rings. The number of carbonyl (C=O) groups is 1. The highest BCUT2D eigenvalue weighted by molar-refractivity contribution is 6.33. The summed E-state index contributed by atoms with van der Waals surface area (Å²) in [5.74, 6) is -0.158. The van der Waals surface area contributed by atoms with Crippen LogP contribution in [0.15, 0.2) is 47.6 Å². The van der Waals surface area contributed by atoms with Gasteiger partial charge in [0.15, 0.2) is 5.78 Å². The standard InChI is InChI=1S/C17H11ClN4O/c1-11-2-4-12(5-3-11)17(23)13-6-7-15(18)16(8-13)22-21-14(9-19)10-20/h2-8,22H,1H3. The number of anilines is 1. The zero-order valence-corrected chi connectivity index (χ0v) is 12.9. The molecule has 0 amide bonds. The number of rotatable bonds is 4. The molecule has 0 saturated heterocycles. The minimum absolute atomic E-state index is 0.158. The van der Waals surface area contributed by atoms with Crippen molar-refractivity contribution >= 4 is 28.8 Å². The van der Waals surface area contributed by atoms with E-state index in [0.717, 1.165) is 5.56 Å².